The van der Waals surface area contributed by atoms with Gasteiger partial charge in [0.15, 0.2) is 0 Å². The lowest BCUT2D eigenvalue weighted by Gasteiger charge is -2.36. The third-order valence-corrected chi connectivity index (χ3v) is 10.5. The molecule has 0 aromatic heterocycles. The van der Waals surface area contributed by atoms with E-state index in [1.165, 1.54) is 36.4 Å². The normalized spacial score (nSPS) is 30.3. The van der Waals surface area contributed by atoms with Gasteiger partial charge in [-0.15, -0.1) is 0 Å². The van der Waals surface area contributed by atoms with Crippen molar-refractivity contribution in [1.29, 1.82) is 0 Å². The fourth-order valence-electron chi connectivity index (χ4n) is 8.21. The van der Waals surface area contributed by atoms with Crippen LogP contribution in [0.5, 0.6) is 0 Å². The van der Waals surface area contributed by atoms with Crippen LogP contribution in [0.25, 0.3) is 0 Å². The number of hydrogen-bond donors (Lipinski definition) is 2. The van der Waals surface area contributed by atoms with Crippen LogP contribution in [0.3, 0.4) is 0 Å². The third kappa shape index (κ3) is 5.09. The SMILES string of the molecule is O=C(NCC1CCNCC1)C(C1CC1c1ccc(F)cc1)(C1CC1c1ccc(F)cc1)C1CC1c1ccc(F)cc1. The lowest BCUT2D eigenvalue weighted by Crippen LogP contribution is -2.49. The fraction of sp³-hybridized carbons (Fsp3) is 0.457. The van der Waals surface area contributed by atoms with Gasteiger partial charge in [0.1, 0.15) is 17.5 Å². The van der Waals surface area contributed by atoms with Crippen molar-refractivity contribution in [3.63, 3.8) is 0 Å². The maximum absolute atomic E-state index is 14.7. The van der Waals surface area contributed by atoms with E-state index in [4.69, 9.17) is 0 Å². The zero-order valence-corrected chi connectivity index (χ0v) is 23.2. The molecule has 41 heavy (non-hydrogen) atoms. The van der Waals surface area contributed by atoms with Crippen LogP contribution >= 0.6 is 0 Å². The van der Waals surface area contributed by atoms with Crippen molar-refractivity contribution in [2.24, 2.45) is 29.1 Å². The van der Waals surface area contributed by atoms with Crippen LogP contribution in [0.2, 0.25) is 0 Å². The summed E-state index contributed by atoms with van der Waals surface area (Å²) in [6, 6.07) is 20.3. The summed E-state index contributed by atoms with van der Waals surface area (Å²) in [7, 11) is 0. The zero-order chi connectivity index (χ0) is 28.1. The molecule has 214 valence electrons. The molecular weight excluding hydrogens is 521 g/mol. The largest absolute Gasteiger partial charge is 0.355 e. The molecule has 1 amide bonds. The Labute approximate surface area is 239 Å². The van der Waals surface area contributed by atoms with Gasteiger partial charge in [0.05, 0.1) is 5.41 Å². The van der Waals surface area contributed by atoms with Crippen LogP contribution < -0.4 is 10.6 Å². The van der Waals surface area contributed by atoms with Gasteiger partial charge in [0.2, 0.25) is 5.91 Å². The number of amides is 1. The fourth-order valence-corrected chi connectivity index (χ4v) is 8.21. The van der Waals surface area contributed by atoms with Crippen LogP contribution in [-0.4, -0.2) is 25.5 Å². The highest BCUT2D eigenvalue weighted by molar-refractivity contribution is 5.86. The lowest BCUT2D eigenvalue weighted by atomic mass is 9.68. The molecule has 3 nitrogen and oxygen atoms in total. The van der Waals surface area contributed by atoms with Crippen molar-refractivity contribution >= 4 is 5.91 Å². The first-order valence-corrected chi connectivity index (χ1v) is 15.2. The molecule has 4 fully saturated rings. The van der Waals surface area contributed by atoms with E-state index < -0.39 is 5.41 Å². The van der Waals surface area contributed by atoms with Crippen LogP contribution in [0.1, 0.15) is 66.5 Å². The second kappa shape index (κ2) is 10.6. The molecule has 6 unspecified atom stereocenters. The molecule has 0 radical (unpaired) electrons. The molecule has 3 saturated carbocycles. The van der Waals surface area contributed by atoms with E-state index in [-0.39, 0.29) is 58.9 Å². The van der Waals surface area contributed by atoms with Gasteiger partial charge in [-0.3, -0.25) is 4.79 Å². The second-order valence-electron chi connectivity index (χ2n) is 12.8. The summed E-state index contributed by atoms with van der Waals surface area (Å²) in [5.74, 6) is 0.874. The number of halogens is 3. The predicted molar refractivity (Wildman–Crippen MR) is 153 cm³/mol. The topological polar surface area (TPSA) is 41.1 Å². The summed E-state index contributed by atoms with van der Waals surface area (Å²) in [6.45, 7) is 2.63. The maximum atomic E-state index is 14.7. The summed E-state index contributed by atoms with van der Waals surface area (Å²) in [4.78, 5) is 14.7. The van der Waals surface area contributed by atoms with Gasteiger partial charge in [-0.1, -0.05) is 36.4 Å². The smallest absolute Gasteiger partial charge is 0.227 e. The lowest BCUT2D eigenvalue weighted by molar-refractivity contribution is -0.136. The summed E-state index contributed by atoms with van der Waals surface area (Å²) in [5.41, 5.74) is 2.67. The third-order valence-electron chi connectivity index (χ3n) is 10.5. The Hall–Kier alpha value is -3.12. The van der Waals surface area contributed by atoms with Crippen molar-refractivity contribution < 1.29 is 18.0 Å². The summed E-state index contributed by atoms with van der Waals surface area (Å²) in [5, 5.41) is 6.86. The summed E-state index contributed by atoms with van der Waals surface area (Å²) in [6.07, 6.45) is 4.79. The van der Waals surface area contributed by atoms with Crippen molar-refractivity contribution in [3.05, 3.63) is 107 Å². The van der Waals surface area contributed by atoms with E-state index in [1.54, 1.807) is 0 Å². The Kier molecular flexibility index (Phi) is 6.93. The number of hydrogen-bond acceptors (Lipinski definition) is 2. The average molecular weight is 559 g/mol. The Morgan fingerprint density at radius 3 is 1.39 bits per heavy atom. The minimum Gasteiger partial charge on any atom is -0.355 e. The number of carbonyl (C=O) groups is 1. The predicted octanol–water partition coefficient (Wildman–Crippen LogP) is 6.92. The second-order valence-corrected chi connectivity index (χ2v) is 12.8. The maximum Gasteiger partial charge on any atom is 0.227 e. The van der Waals surface area contributed by atoms with E-state index in [0.29, 0.717) is 12.5 Å². The van der Waals surface area contributed by atoms with Crippen LogP contribution in [-0.2, 0) is 4.79 Å². The van der Waals surface area contributed by atoms with Gasteiger partial charge in [-0.2, -0.15) is 0 Å². The van der Waals surface area contributed by atoms with E-state index in [0.717, 1.165) is 61.9 Å². The number of rotatable bonds is 9. The molecular formula is C35H37F3N2O. The van der Waals surface area contributed by atoms with Crippen LogP contribution in [0.4, 0.5) is 13.2 Å². The van der Waals surface area contributed by atoms with E-state index >= 15 is 0 Å². The van der Waals surface area contributed by atoms with Gasteiger partial charge in [-0.25, -0.2) is 13.2 Å². The molecule has 3 aromatic rings. The minimum absolute atomic E-state index is 0.145. The molecule has 3 aromatic carbocycles. The summed E-state index contributed by atoms with van der Waals surface area (Å²) >= 11 is 0. The molecule has 0 spiro atoms. The Balaban J connectivity index is 1.25. The molecule has 2 N–H and O–H groups in total. The summed E-state index contributed by atoms with van der Waals surface area (Å²) < 4.78 is 41.4. The molecule has 1 heterocycles. The van der Waals surface area contributed by atoms with Crippen molar-refractivity contribution in [2.45, 2.75) is 49.9 Å². The monoisotopic (exact) mass is 558 g/mol. The highest BCUT2D eigenvalue weighted by Crippen LogP contribution is 2.76. The van der Waals surface area contributed by atoms with Gasteiger partial charge >= 0.3 is 0 Å². The standard InChI is InChI=1S/C35H37F3N2O/c36-25-7-1-22(2-8-25)28-17-31(28)35(34(41)40-20-21-13-15-39-16-14-21,32-18-29(32)23-3-9-26(37)10-4-23)33-19-30(33)24-5-11-27(38)12-6-24/h1-12,21,28-33,39H,13-20H2,(H,40,41). The molecule has 0 bridgehead atoms. The minimum atomic E-state index is -0.593. The van der Waals surface area contributed by atoms with Crippen LogP contribution in [0.15, 0.2) is 72.8 Å². The molecule has 6 atom stereocenters. The first-order valence-electron chi connectivity index (χ1n) is 15.2. The number of carbonyl (C=O) groups excluding carboxylic acids is 1. The molecule has 7 rings (SSSR count). The first-order chi connectivity index (χ1) is 19.9. The number of piperidine rings is 1. The van der Waals surface area contributed by atoms with Crippen molar-refractivity contribution in [2.75, 3.05) is 19.6 Å². The number of nitrogens with one attached hydrogen (secondary N) is 2. The highest BCUT2D eigenvalue weighted by Gasteiger charge is 2.73. The highest BCUT2D eigenvalue weighted by atomic mass is 19.1. The Bertz CT molecular complexity index is 1240. The molecule has 1 aliphatic heterocycles. The Morgan fingerprint density at radius 2 is 1.02 bits per heavy atom. The first kappa shape index (κ1) is 26.8. The van der Waals surface area contributed by atoms with Gasteiger partial charge < -0.3 is 10.6 Å². The van der Waals surface area contributed by atoms with Crippen LogP contribution in [0, 0.1) is 46.5 Å². The van der Waals surface area contributed by atoms with Gasteiger partial charge in [0.25, 0.3) is 0 Å². The van der Waals surface area contributed by atoms with Crippen molar-refractivity contribution in [1.82, 2.24) is 10.6 Å². The molecule has 4 aliphatic rings. The van der Waals surface area contributed by atoms with Gasteiger partial charge in [0, 0.05) is 6.54 Å². The number of benzene rings is 3. The molecule has 6 heteroatoms. The quantitative estimate of drug-likeness (QED) is 0.300. The van der Waals surface area contributed by atoms with E-state index in [1.807, 2.05) is 36.4 Å². The van der Waals surface area contributed by atoms with E-state index in [2.05, 4.69) is 10.6 Å². The Morgan fingerprint density at radius 1 is 0.659 bits per heavy atom. The molecule has 1 saturated heterocycles. The van der Waals surface area contributed by atoms with Gasteiger partial charge in [-0.05, 0) is 140 Å². The molecule has 3 aliphatic carbocycles. The van der Waals surface area contributed by atoms with E-state index in [9.17, 15) is 18.0 Å². The average Bonchev–Trinajstić information content (AvgIpc) is 3.86. The zero-order valence-electron chi connectivity index (χ0n) is 23.2. The van der Waals surface area contributed by atoms with Crippen molar-refractivity contribution in [3.8, 4) is 0 Å².